The predicted octanol–water partition coefficient (Wildman–Crippen LogP) is 4.98. The molecule has 0 saturated carbocycles. The van der Waals surface area contributed by atoms with Gasteiger partial charge >= 0.3 is 0 Å². The van der Waals surface area contributed by atoms with Crippen LogP contribution in [0.25, 0.3) is 16.6 Å². The van der Waals surface area contributed by atoms with Gasteiger partial charge in [0.1, 0.15) is 23.7 Å². The van der Waals surface area contributed by atoms with Crippen molar-refractivity contribution in [2.45, 2.75) is 20.0 Å². The molecule has 0 bridgehead atoms. The molecule has 0 fully saturated rings. The van der Waals surface area contributed by atoms with E-state index in [2.05, 4.69) is 10.3 Å². The fraction of sp³-hybridized carbons (Fsp3) is 0.167. The Labute approximate surface area is 229 Å². The van der Waals surface area contributed by atoms with E-state index in [1.807, 2.05) is 6.07 Å². The largest absolute Gasteiger partial charge is 0.491 e. The normalized spacial score (nSPS) is 11.8. The van der Waals surface area contributed by atoms with Crippen molar-refractivity contribution in [3.8, 4) is 22.9 Å². The number of halogens is 1. The number of aliphatic hydroxyl groups is 1. The lowest BCUT2D eigenvalue weighted by Crippen LogP contribution is -2.25. The van der Waals surface area contributed by atoms with Gasteiger partial charge in [-0.1, -0.05) is 18.2 Å². The van der Waals surface area contributed by atoms with Crippen molar-refractivity contribution in [1.82, 2.24) is 14.3 Å². The van der Waals surface area contributed by atoms with E-state index in [1.165, 1.54) is 23.0 Å². The summed E-state index contributed by atoms with van der Waals surface area (Å²) in [7, 11) is 1.69. The van der Waals surface area contributed by atoms with E-state index < -0.39 is 23.4 Å². The molecular weight excluding hydrogens is 515 g/mol. The first-order valence-corrected chi connectivity index (χ1v) is 12.6. The molecule has 40 heavy (non-hydrogen) atoms. The van der Waals surface area contributed by atoms with E-state index in [0.29, 0.717) is 33.8 Å². The average Bonchev–Trinajstić information content (AvgIpc) is 3.16. The molecule has 5 aromatic rings. The van der Waals surface area contributed by atoms with Crippen LogP contribution in [0.1, 0.15) is 23.0 Å². The molecule has 9 nitrogen and oxygen atoms in total. The van der Waals surface area contributed by atoms with Gasteiger partial charge in [0.15, 0.2) is 11.6 Å². The molecule has 3 aromatic carbocycles. The number of hydrogen-bond acceptors (Lipinski definition) is 6. The van der Waals surface area contributed by atoms with Crippen molar-refractivity contribution in [2.24, 2.45) is 7.05 Å². The highest BCUT2D eigenvalue weighted by atomic mass is 19.1. The summed E-state index contributed by atoms with van der Waals surface area (Å²) in [5.41, 5.74) is 1.32. The lowest BCUT2D eigenvalue weighted by Gasteiger charge is -2.12. The molecule has 10 heteroatoms. The van der Waals surface area contributed by atoms with Crippen LogP contribution in [0.2, 0.25) is 0 Å². The number of fused-ring (bicyclic) bond motifs is 1. The lowest BCUT2D eigenvalue weighted by atomic mass is 10.2. The number of anilines is 1. The fourth-order valence-electron chi connectivity index (χ4n) is 4.30. The molecule has 0 spiro atoms. The van der Waals surface area contributed by atoms with Crippen LogP contribution < -0.4 is 20.3 Å². The Morgan fingerprint density at radius 2 is 1.85 bits per heavy atom. The first-order valence-electron chi connectivity index (χ1n) is 12.6. The summed E-state index contributed by atoms with van der Waals surface area (Å²) in [4.78, 5) is 30.5. The maximum absolute atomic E-state index is 15.1. The standard InChI is InChI=1S/C30H27FN4O5/c1-18(36)17-39-22-10-11-23-25(16-22)32-14-13-26(23)40-27-12-9-20(15-24(27)31)33-29(37)28-19(2)34(3)35(30(28)38)21-7-5-4-6-8-21/h4-16,18,36H,17H2,1-3H3,(H,33,37)/t18-/m0/s1. The number of nitrogens with zero attached hydrogens (tertiary/aromatic N) is 3. The topological polar surface area (TPSA) is 108 Å². The number of carbonyl (C=O) groups excluding carboxylic acids is 1. The van der Waals surface area contributed by atoms with Gasteiger partial charge in [0, 0.05) is 36.5 Å². The van der Waals surface area contributed by atoms with E-state index in [9.17, 15) is 14.7 Å². The Morgan fingerprint density at radius 3 is 2.58 bits per heavy atom. The Morgan fingerprint density at radius 1 is 1.07 bits per heavy atom. The number of benzene rings is 3. The maximum atomic E-state index is 15.1. The summed E-state index contributed by atoms with van der Waals surface area (Å²) >= 11 is 0. The highest BCUT2D eigenvalue weighted by Crippen LogP contribution is 2.33. The number of pyridine rings is 1. The zero-order chi connectivity index (χ0) is 28.4. The van der Waals surface area contributed by atoms with Gasteiger partial charge in [-0.2, -0.15) is 0 Å². The van der Waals surface area contributed by atoms with Crippen LogP contribution in [0.4, 0.5) is 10.1 Å². The van der Waals surface area contributed by atoms with Crippen molar-refractivity contribution < 1.29 is 23.8 Å². The number of hydrogen-bond donors (Lipinski definition) is 2. The minimum atomic E-state index is -0.703. The van der Waals surface area contributed by atoms with Gasteiger partial charge in [0.05, 0.1) is 23.0 Å². The molecule has 0 radical (unpaired) electrons. The summed E-state index contributed by atoms with van der Waals surface area (Å²) in [6, 6.07) is 19.8. The minimum Gasteiger partial charge on any atom is -0.491 e. The van der Waals surface area contributed by atoms with Crippen LogP contribution in [0.3, 0.4) is 0 Å². The second-order valence-electron chi connectivity index (χ2n) is 9.29. The van der Waals surface area contributed by atoms with Gasteiger partial charge in [0.25, 0.3) is 11.5 Å². The molecule has 2 N–H and O–H groups in total. The summed E-state index contributed by atoms with van der Waals surface area (Å²) < 4.78 is 29.5. The van der Waals surface area contributed by atoms with Gasteiger partial charge in [-0.25, -0.2) is 9.07 Å². The molecule has 5 rings (SSSR count). The first-order chi connectivity index (χ1) is 19.2. The molecule has 0 aliphatic rings. The monoisotopic (exact) mass is 542 g/mol. The number of ether oxygens (including phenoxy) is 2. The summed E-state index contributed by atoms with van der Waals surface area (Å²) in [6.07, 6.45) is 0.923. The second-order valence-corrected chi connectivity index (χ2v) is 9.29. The second kappa shape index (κ2) is 11.0. The van der Waals surface area contributed by atoms with Crippen LogP contribution in [0.5, 0.6) is 17.2 Å². The Kier molecular flexibility index (Phi) is 7.35. The van der Waals surface area contributed by atoms with Crippen molar-refractivity contribution in [1.29, 1.82) is 0 Å². The Balaban J connectivity index is 1.36. The zero-order valence-corrected chi connectivity index (χ0v) is 22.1. The third-order valence-electron chi connectivity index (χ3n) is 6.36. The van der Waals surface area contributed by atoms with E-state index in [1.54, 1.807) is 74.1 Å². The molecule has 2 aromatic heterocycles. The molecule has 0 aliphatic heterocycles. The summed E-state index contributed by atoms with van der Waals surface area (Å²) in [5.74, 6) is -0.486. The molecule has 204 valence electrons. The highest BCUT2D eigenvalue weighted by molar-refractivity contribution is 6.05. The molecule has 0 saturated heterocycles. The summed E-state index contributed by atoms with van der Waals surface area (Å²) in [6.45, 7) is 3.44. The number of aromatic nitrogens is 3. The fourth-order valence-corrected chi connectivity index (χ4v) is 4.30. The van der Waals surface area contributed by atoms with Crippen molar-refractivity contribution in [2.75, 3.05) is 11.9 Å². The van der Waals surface area contributed by atoms with Gasteiger partial charge in [-0.15, -0.1) is 0 Å². The van der Waals surface area contributed by atoms with E-state index in [4.69, 9.17) is 9.47 Å². The number of carbonyl (C=O) groups is 1. The van der Waals surface area contributed by atoms with Gasteiger partial charge < -0.3 is 19.9 Å². The van der Waals surface area contributed by atoms with E-state index in [-0.39, 0.29) is 23.6 Å². The number of nitrogens with one attached hydrogen (secondary N) is 1. The molecule has 0 aliphatic carbocycles. The quantitative estimate of drug-likeness (QED) is 0.287. The van der Waals surface area contributed by atoms with Gasteiger partial charge in [-0.3, -0.25) is 19.3 Å². The minimum absolute atomic E-state index is 0.0351. The smallest absolute Gasteiger partial charge is 0.284 e. The lowest BCUT2D eigenvalue weighted by molar-refractivity contribution is 0.102. The third kappa shape index (κ3) is 5.29. The number of para-hydroxylation sites is 1. The average molecular weight is 543 g/mol. The summed E-state index contributed by atoms with van der Waals surface area (Å²) in [5, 5.41) is 12.7. The van der Waals surface area contributed by atoms with Gasteiger partial charge in [-0.05, 0) is 56.3 Å². The van der Waals surface area contributed by atoms with Gasteiger partial charge in [0.2, 0.25) is 0 Å². The molecule has 1 amide bonds. The molecular formula is C30H27FN4O5. The molecule has 2 heterocycles. The first kappa shape index (κ1) is 26.6. The van der Waals surface area contributed by atoms with Crippen LogP contribution in [0.15, 0.2) is 83.8 Å². The van der Waals surface area contributed by atoms with E-state index >= 15 is 4.39 Å². The zero-order valence-electron chi connectivity index (χ0n) is 22.1. The molecule has 1 atom stereocenters. The number of rotatable bonds is 8. The van der Waals surface area contributed by atoms with Crippen LogP contribution in [-0.4, -0.2) is 38.1 Å². The van der Waals surface area contributed by atoms with Crippen molar-refractivity contribution in [3.63, 3.8) is 0 Å². The highest BCUT2D eigenvalue weighted by Gasteiger charge is 2.22. The SMILES string of the molecule is Cc1c(C(=O)Nc2ccc(Oc3ccnc4cc(OC[C@H](C)O)ccc34)c(F)c2)c(=O)n(-c2ccccc2)n1C. The molecule has 0 unspecified atom stereocenters. The van der Waals surface area contributed by atoms with Crippen molar-refractivity contribution in [3.05, 3.63) is 106 Å². The Hall–Kier alpha value is -4.96. The van der Waals surface area contributed by atoms with Crippen LogP contribution in [-0.2, 0) is 7.05 Å². The van der Waals surface area contributed by atoms with Crippen molar-refractivity contribution >= 4 is 22.5 Å². The third-order valence-corrected chi connectivity index (χ3v) is 6.36. The Bertz CT molecular complexity index is 1760. The van der Waals surface area contributed by atoms with Crippen LogP contribution in [0, 0.1) is 12.7 Å². The van der Waals surface area contributed by atoms with E-state index in [0.717, 1.165) is 6.07 Å². The number of aliphatic hydroxyl groups excluding tert-OH is 1. The van der Waals surface area contributed by atoms with Crippen LogP contribution >= 0.6 is 0 Å². The predicted molar refractivity (Wildman–Crippen MR) is 149 cm³/mol. The number of amides is 1. The maximum Gasteiger partial charge on any atom is 0.284 e.